The third kappa shape index (κ3) is 2.77. The number of aromatic nitrogens is 2. The Morgan fingerprint density at radius 1 is 1.30 bits per heavy atom. The van der Waals surface area contributed by atoms with E-state index in [2.05, 4.69) is 5.10 Å². The van der Waals surface area contributed by atoms with Gasteiger partial charge in [0.1, 0.15) is 6.07 Å². The summed E-state index contributed by atoms with van der Waals surface area (Å²) in [6.45, 7) is 0.523. The van der Waals surface area contributed by atoms with E-state index in [-0.39, 0.29) is 24.7 Å². The van der Waals surface area contributed by atoms with Gasteiger partial charge in [-0.15, -0.1) is 0 Å². The highest BCUT2D eigenvalue weighted by Crippen LogP contribution is 2.33. The van der Waals surface area contributed by atoms with Crippen LogP contribution in [0.25, 0.3) is 0 Å². The minimum absolute atomic E-state index is 0.126. The topological polar surface area (TPSA) is 61.9 Å². The standard InChI is InChI=1S/C15H11F3N4O/c16-15(17,18)13-4-2-1-3-12(13)14(23)21-8-11(9-21)22-7-10(5-19)6-20-22/h1-4,6-7,11H,8-9H2. The summed E-state index contributed by atoms with van der Waals surface area (Å²) >= 11 is 0. The number of carbonyl (C=O) groups excluding carboxylic acids is 1. The number of rotatable bonds is 2. The van der Waals surface area contributed by atoms with Gasteiger partial charge < -0.3 is 4.90 Å². The lowest BCUT2D eigenvalue weighted by atomic mass is 10.0. The Morgan fingerprint density at radius 2 is 2.00 bits per heavy atom. The number of nitrogens with zero attached hydrogens (tertiary/aromatic N) is 4. The van der Waals surface area contributed by atoms with Crippen molar-refractivity contribution < 1.29 is 18.0 Å². The Bertz CT molecular complexity index is 785. The summed E-state index contributed by atoms with van der Waals surface area (Å²) in [5, 5.41) is 12.8. The van der Waals surface area contributed by atoms with Gasteiger partial charge in [0.15, 0.2) is 0 Å². The number of likely N-dealkylation sites (tertiary alicyclic amines) is 1. The summed E-state index contributed by atoms with van der Waals surface area (Å²) in [5.41, 5.74) is -0.881. The highest BCUT2D eigenvalue weighted by atomic mass is 19.4. The molecular weight excluding hydrogens is 309 g/mol. The molecule has 1 aliphatic rings. The molecule has 1 aromatic heterocycles. The molecule has 8 heteroatoms. The number of halogens is 3. The molecule has 0 unspecified atom stereocenters. The molecule has 0 spiro atoms. The van der Waals surface area contributed by atoms with Crippen LogP contribution in [-0.4, -0.2) is 33.7 Å². The number of amides is 1. The molecule has 1 fully saturated rings. The summed E-state index contributed by atoms with van der Waals surface area (Å²) in [7, 11) is 0. The highest BCUT2D eigenvalue weighted by molar-refractivity contribution is 5.96. The van der Waals surface area contributed by atoms with E-state index in [4.69, 9.17) is 5.26 Å². The second kappa shape index (κ2) is 5.43. The normalized spacial score (nSPS) is 15.1. The predicted molar refractivity (Wildman–Crippen MR) is 73.3 cm³/mol. The molecule has 118 valence electrons. The zero-order valence-corrected chi connectivity index (χ0v) is 11.8. The summed E-state index contributed by atoms with van der Waals surface area (Å²) in [4.78, 5) is 13.6. The number of nitriles is 1. The Labute approximate surface area is 129 Å². The van der Waals surface area contributed by atoms with Crippen LogP contribution in [0.15, 0.2) is 36.7 Å². The summed E-state index contributed by atoms with van der Waals surface area (Å²) in [6.07, 6.45) is -1.61. The second-order valence-electron chi connectivity index (χ2n) is 5.23. The van der Waals surface area contributed by atoms with Gasteiger partial charge in [0, 0.05) is 19.3 Å². The maximum Gasteiger partial charge on any atom is 0.417 e. The lowest BCUT2D eigenvalue weighted by molar-refractivity contribution is -0.138. The van der Waals surface area contributed by atoms with E-state index in [9.17, 15) is 18.0 Å². The lowest BCUT2D eigenvalue weighted by Gasteiger charge is -2.39. The Hall–Kier alpha value is -2.82. The van der Waals surface area contributed by atoms with Gasteiger partial charge in [0.05, 0.1) is 28.9 Å². The maximum atomic E-state index is 13.0. The Morgan fingerprint density at radius 3 is 2.61 bits per heavy atom. The molecule has 1 amide bonds. The summed E-state index contributed by atoms with van der Waals surface area (Å²) in [6, 6.07) is 6.57. The SMILES string of the molecule is N#Cc1cnn(C2CN(C(=O)c3ccccc3C(F)(F)F)C2)c1. The van der Waals surface area contributed by atoms with Gasteiger partial charge in [0.2, 0.25) is 0 Å². The van der Waals surface area contributed by atoms with Crippen LogP contribution >= 0.6 is 0 Å². The van der Waals surface area contributed by atoms with Crippen LogP contribution in [-0.2, 0) is 6.18 Å². The minimum atomic E-state index is -4.57. The van der Waals surface area contributed by atoms with Crippen molar-refractivity contribution in [1.29, 1.82) is 5.26 Å². The molecular formula is C15H11F3N4O. The van der Waals surface area contributed by atoms with E-state index in [0.717, 1.165) is 6.07 Å². The van der Waals surface area contributed by atoms with Gasteiger partial charge >= 0.3 is 6.18 Å². The Balaban J connectivity index is 1.73. The average Bonchev–Trinajstić information content (AvgIpc) is 2.93. The molecule has 2 aromatic rings. The van der Waals surface area contributed by atoms with Crippen molar-refractivity contribution in [1.82, 2.24) is 14.7 Å². The fourth-order valence-corrected chi connectivity index (χ4v) is 2.47. The van der Waals surface area contributed by atoms with Gasteiger partial charge in [-0.2, -0.15) is 23.5 Å². The zero-order valence-electron chi connectivity index (χ0n) is 11.8. The average molecular weight is 320 g/mol. The van der Waals surface area contributed by atoms with Crippen molar-refractivity contribution in [2.45, 2.75) is 12.2 Å². The van der Waals surface area contributed by atoms with E-state index >= 15 is 0 Å². The lowest BCUT2D eigenvalue weighted by Crippen LogP contribution is -2.51. The molecule has 1 aliphatic heterocycles. The number of hydrogen-bond donors (Lipinski definition) is 0. The maximum absolute atomic E-state index is 13.0. The molecule has 1 aromatic carbocycles. The van der Waals surface area contributed by atoms with Crippen LogP contribution in [0.5, 0.6) is 0 Å². The number of carbonyl (C=O) groups is 1. The van der Waals surface area contributed by atoms with Crippen LogP contribution in [0.2, 0.25) is 0 Å². The van der Waals surface area contributed by atoms with Gasteiger partial charge in [-0.3, -0.25) is 9.48 Å². The molecule has 0 atom stereocenters. The van der Waals surface area contributed by atoms with Crippen molar-refractivity contribution in [3.8, 4) is 6.07 Å². The van der Waals surface area contributed by atoms with Gasteiger partial charge in [-0.25, -0.2) is 0 Å². The Kier molecular flexibility index (Phi) is 3.56. The quantitative estimate of drug-likeness (QED) is 0.854. The highest BCUT2D eigenvalue weighted by Gasteiger charge is 2.39. The van der Waals surface area contributed by atoms with E-state index in [0.29, 0.717) is 5.56 Å². The van der Waals surface area contributed by atoms with Crippen molar-refractivity contribution in [2.24, 2.45) is 0 Å². The van der Waals surface area contributed by atoms with Crippen LogP contribution in [0.4, 0.5) is 13.2 Å². The smallest absolute Gasteiger partial charge is 0.334 e. The van der Waals surface area contributed by atoms with E-state index in [1.54, 1.807) is 10.9 Å². The molecule has 0 N–H and O–H groups in total. The van der Waals surface area contributed by atoms with Crippen LogP contribution in [0, 0.1) is 11.3 Å². The fourth-order valence-electron chi connectivity index (χ4n) is 2.47. The third-order valence-electron chi connectivity index (χ3n) is 3.72. The number of alkyl halides is 3. The first-order valence-electron chi connectivity index (χ1n) is 6.80. The molecule has 5 nitrogen and oxygen atoms in total. The summed E-state index contributed by atoms with van der Waals surface area (Å²) in [5.74, 6) is -0.651. The van der Waals surface area contributed by atoms with Gasteiger partial charge in [-0.05, 0) is 12.1 Å². The van der Waals surface area contributed by atoms with Crippen LogP contribution < -0.4 is 0 Å². The van der Waals surface area contributed by atoms with Crippen molar-refractivity contribution in [3.63, 3.8) is 0 Å². The predicted octanol–water partition coefficient (Wildman–Crippen LogP) is 2.47. The third-order valence-corrected chi connectivity index (χ3v) is 3.72. The molecule has 1 saturated heterocycles. The monoisotopic (exact) mass is 320 g/mol. The molecule has 0 radical (unpaired) electrons. The molecule has 0 aliphatic carbocycles. The largest absolute Gasteiger partial charge is 0.417 e. The zero-order chi connectivity index (χ0) is 16.6. The van der Waals surface area contributed by atoms with Gasteiger partial charge in [0.25, 0.3) is 5.91 Å². The van der Waals surface area contributed by atoms with E-state index in [1.165, 1.54) is 29.3 Å². The molecule has 2 heterocycles. The minimum Gasteiger partial charge on any atom is -0.334 e. The molecule has 0 saturated carbocycles. The van der Waals surface area contributed by atoms with Crippen molar-refractivity contribution >= 4 is 5.91 Å². The van der Waals surface area contributed by atoms with E-state index < -0.39 is 17.6 Å². The second-order valence-corrected chi connectivity index (χ2v) is 5.23. The number of hydrogen-bond acceptors (Lipinski definition) is 3. The molecule has 0 bridgehead atoms. The fraction of sp³-hybridized carbons (Fsp3) is 0.267. The van der Waals surface area contributed by atoms with Crippen molar-refractivity contribution in [3.05, 3.63) is 53.3 Å². The molecule has 23 heavy (non-hydrogen) atoms. The number of benzene rings is 1. The van der Waals surface area contributed by atoms with Crippen LogP contribution in [0.3, 0.4) is 0 Å². The van der Waals surface area contributed by atoms with Gasteiger partial charge in [-0.1, -0.05) is 12.1 Å². The van der Waals surface area contributed by atoms with E-state index in [1.807, 2.05) is 6.07 Å². The summed E-state index contributed by atoms with van der Waals surface area (Å²) < 4.78 is 40.4. The van der Waals surface area contributed by atoms with Crippen LogP contribution in [0.1, 0.15) is 27.5 Å². The first kappa shape index (κ1) is 15.1. The first-order valence-corrected chi connectivity index (χ1v) is 6.80. The molecule has 3 rings (SSSR count). The first-order chi connectivity index (χ1) is 10.9. The van der Waals surface area contributed by atoms with Crippen molar-refractivity contribution in [2.75, 3.05) is 13.1 Å².